The Kier molecular flexibility index (Phi) is 3.86. The van der Waals surface area contributed by atoms with Gasteiger partial charge in [0.1, 0.15) is 5.82 Å². The molecule has 0 atom stereocenters. The number of rotatable bonds is 3. The standard InChI is InChI=1S/C8H7F2IO2/c1-12-4-13-8-3-5(9)7(11)2-6(8)10/h2-3H,4H2,1H3. The van der Waals surface area contributed by atoms with E-state index in [0.717, 1.165) is 12.1 Å². The Morgan fingerprint density at radius 1 is 1.31 bits per heavy atom. The van der Waals surface area contributed by atoms with Gasteiger partial charge in [-0.25, -0.2) is 8.78 Å². The SMILES string of the molecule is COCOc1cc(F)c(I)cc1F. The van der Waals surface area contributed by atoms with E-state index in [-0.39, 0.29) is 16.1 Å². The van der Waals surface area contributed by atoms with E-state index in [1.54, 1.807) is 22.6 Å². The van der Waals surface area contributed by atoms with Crippen molar-refractivity contribution in [3.63, 3.8) is 0 Å². The van der Waals surface area contributed by atoms with Gasteiger partial charge in [-0.05, 0) is 28.7 Å². The molecule has 0 saturated heterocycles. The first-order valence-electron chi connectivity index (χ1n) is 3.41. The second-order valence-electron chi connectivity index (χ2n) is 2.25. The molecule has 1 aromatic carbocycles. The first-order chi connectivity index (χ1) is 6.15. The van der Waals surface area contributed by atoms with Crippen LogP contribution < -0.4 is 4.74 Å². The van der Waals surface area contributed by atoms with Crippen LogP contribution in [0.3, 0.4) is 0 Å². The number of benzene rings is 1. The van der Waals surface area contributed by atoms with E-state index in [0.29, 0.717) is 0 Å². The molecule has 0 aliphatic heterocycles. The minimum atomic E-state index is -0.595. The second kappa shape index (κ2) is 4.71. The van der Waals surface area contributed by atoms with E-state index in [2.05, 4.69) is 4.74 Å². The number of ether oxygens (including phenoxy) is 2. The van der Waals surface area contributed by atoms with Gasteiger partial charge < -0.3 is 9.47 Å². The summed E-state index contributed by atoms with van der Waals surface area (Å²) in [5.74, 6) is -1.24. The molecule has 0 fully saturated rings. The fourth-order valence-electron chi connectivity index (χ4n) is 0.737. The Balaban J connectivity index is 2.88. The topological polar surface area (TPSA) is 18.5 Å². The van der Waals surface area contributed by atoms with Gasteiger partial charge in [0.05, 0.1) is 3.57 Å². The zero-order chi connectivity index (χ0) is 9.84. The molecule has 2 nitrogen and oxygen atoms in total. The van der Waals surface area contributed by atoms with Crippen molar-refractivity contribution in [1.29, 1.82) is 0 Å². The average Bonchev–Trinajstić information content (AvgIpc) is 2.09. The van der Waals surface area contributed by atoms with Crippen molar-refractivity contribution in [3.8, 4) is 5.75 Å². The van der Waals surface area contributed by atoms with Crippen molar-refractivity contribution in [2.45, 2.75) is 0 Å². The molecule has 0 spiro atoms. The summed E-state index contributed by atoms with van der Waals surface area (Å²) in [6.07, 6.45) is 0. The van der Waals surface area contributed by atoms with E-state index in [1.165, 1.54) is 7.11 Å². The lowest BCUT2D eigenvalue weighted by Gasteiger charge is -2.06. The lowest BCUT2D eigenvalue weighted by Crippen LogP contribution is -2.01. The summed E-state index contributed by atoms with van der Waals surface area (Å²) in [6.45, 7) is -0.100. The van der Waals surface area contributed by atoms with E-state index in [4.69, 9.17) is 4.74 Å². The molecule has 1 aromatic rings. The molecule has 0 aromatic heterocycles. The highest BCUT2D eigenvalue weighted by molar-refractivity contribution is 14.1. The van der Waals surface area contributed by atoms with Crippen molar-refractivity contribution >= 4 is 22.6 Å². The third kappa shape index (κ3) is 2.77. The molecule has 0 N–H and O–H groups in total. The van der Waals surface area contributed by atoms with E-state index < -0.39 is 11.6 Å². The minimum Gasteiger partial charge on any atom is -0.464 e. The molecule has 0 radical (unpaired) electrons. The first-order valence-corrected chi connectivity index (χ1v) is 4.49. The molecule has 13 heavy (non-hydrogen) atoms. The predicted molar refractivity (Wildman–Crippen MR) is 51.6 cm³/mol. The number of hydrogen-bond acceptors (Lipinski definition) is 2. The minimum absolute atomic E-state index is 0.100. The van der Waals surface area contributed by atoms with Crippen LogP contribution in [-0.2, 0) is 4.74 Å². The maximum atomic E-state index is 13.0. The fraction of sp³-hybridized carbons (Fsp3) is 0.250. The molecule has 0 unspecified atom stereocenters. The van der Waals surface area contributed by atoms with E-state index >= 15 is 0 Å². The summed E-state index contributed by atoms with van der Waals surface area (Å²) in [6, 6.07) is 2.07. The molecule has 1 rings (SSSR count). The molecule has 0 bridgehead atoms. The van der Waals surface area contributed by atoms with Crippen LogP contribution in [0.4, 0.5) is 8.78 Å². The molecule has 72 valence electrons. The Bertz CT molecular complexity index is 304. The van der Waals surface area contributed by atoms with Crippen LogP contribution in [0, 0.1) is 15.2 Å². The van der Waals surface area contributed by atoms with Crippen molar-refractivity contribution in [2.75, 3.05) is 13.9 Å². The van der Waals surface area contributed by atoms with Crippen LogP contribution >= 0.6 is 22.6 Å². The van der Waals surface area contributed by atoms with E-state index in [9.17, 15) is 8.78 Å². The normalized spacial score (nSPS) is 10.2. The first kappa shape index (κ1) is 10.6. The molecular formula is C8H7F2IO2. The number of hydrogen-bond donors (Lipinski definition) is 0. The molecule has 0 saturated carbocycles. The fourth-order valence-corrected chi connectivity index (χ4v) is 1.17. The Hall–Kier alpha value is -0.430. The van der Waals surface area contributed by atoms with Crippen molar-refractivity contribution in [3.05, 3.63) is 27.3 Å². The Morgan fingerprint density at radius 3 is 2.62 bits per heavy atom. The highest BCUT2D eigenvalue weighted by Gasteiger charge is 2.08. The van der Waals surface area contributed by atoms with Gasteiger partial charge in [0.15, 0.2) is 18.4 Å². The summed E-state index contributed by atoms with van der Waals surface area (Å²) in [4.78, 5) is 0. The molecule has 5 heteroatoms. The van der Waals surface area contributed by atoms with Crippen LogP contribution in [0.5, 0.6) is 5.75 Å². The predicted octanol–water partition coefficient (Wildman–Crippen LogP) is 2.55. The van der Waals surface area contributed by atoms with Gasteiger partial charge in [-0.1, -0.05) is 0 Å². The van der Waals surface area contributed by atoms with Crippen molar-refractivity contribution < 1.29 is 18.3 Å². The van der Waals surface area contributed by atoms with Crippen LogP contribution in [0.25, 0.3) is 0 Å². The van der Waals surface area contributed by atoms with Crippen LogP contribution in [0.15, 0.2) is 12.1 Å². The van der Waals surface area contributed by atoms with Crippen molar-refractivity contribution in [2.24, 2.45) is 0 Å². The van der Waals surface area contributed by atoms with Gasteiger partial charge in [-0.3, -0.25) is 0 Å². The number of methoxy groups -OCH3 is 1. The number of halogens is 3. The molecule has 0 aliphatic carbocycles. The van der Waals surface area contributed by atoms with Gasteiger partial charge in [-0.2, -0.15) is 0 Å². The smallest absolute Gasteiger partial charge is 0.188 e. The highest BCUT2D eigenvalue weighted by atomic mass is 127. The van der Waals surface area contributed by atoms with E-state index in [1.807, 2.05) is 0 Å². The molecule has 0 heterocycles. The Labute approximate surface area is 88.0 Å². The summed E-state index contributed by atoms with van der Waals surface area (Å²) in [5.41, 5.74) is 0. The lowest BCUT2D eigenvalue weighted by molar-refractivity contribution is 0.0480. The summed E-state index contributed by atoms with van der Waals surface area (Å²) in [7, 11) is 1.40. The van der Waals surface area contributed by atoms with Crippen LogP contribution in [-0.4, -0.2) is 13.9 Å². The zero-order valence-electron chi connectivity index (χ0n) is 6.81. The Morgan fingerprint density at radius 2 is 2.00 bits per heavy atom. The van der Waals surface area contributed by atoms with Crippen LogP contribution in [0.1, 0.15) is 0 Å². The monoisotopic (exact) mass is 300 g/mol. The zero-order valence-corrected chi connectivity index (χ0v) is 8.97. The lowest BCUT2D eigenvalue weighted by atomic mass is 10.3. The third-order valence-electron chi connectivity index (χ3n) is 1.31. The van der Waals surface area contributed by atoms with Gasteiger partial charge in [-0.15, -0.1) is 0 Å². The largest absolute Gasteiger partial charge is 0.464 e. The van der Waals surface area contributed by atoms with Gasteiger partial charge >= 0.3 is 0 Å². The molecule has 0 aliphatic rings. The van der Waals surface area contributed by atoms with Gasteiger partial charge in [0.2, 0.25) is 0 Å². The third-order valence-corrected chi connectivity index (χ3v) is 2.13. The van der Waals surface area contributed by atoms with Crippen molar-refractivity contribution in [1.82, 2.24) is 0 Å². The summed E-state index contributed by atoms with van der Waals surface area (Å²) >= 11 is 1.70. The molecule has 0 amide bonds. The summed E-state index contributed by atoms with van der Waals surface area (Å²) < 4.78 is 35.5. The highest BCUT2D eigenvalue weighted by Crippen LogP contribution is 2.22. The van der Waals surface area contributed by atoms with Gasteiger partial charge in [0, 0.05) is 13.2 Å². The average molecular weight is 300 g/mol. The van der Waals surface area contributed by atoms with Crippen LogP contribution in [0.2, 0.25) is 0 Å². The molecular weight excluding hydrogens is 293 g/mol. The summed E-state index contributed by atoms with van der Waals surface area (Å²) in [5, 5.41) is 0. The maximum absolute atomic E-state index is 13.0. The van der Waals surface area contributed by atoms with Gasteiger partial charge in [0.25, 0.3) is 0 Å². The second-order valence-corrected chi connectivity index (χ2v) is 3.41. The maximum Gasteiger partial charge on any atom is 0.188 e. The quantitative estimate of drug-likeness (QED) is 0.485.